The number of hydrogen-bond donors (Lipinski definition) is 1. The van der Waals surface area contributed by atoms with Gasteiger partial charge >= 0.3 is 6.03 Å². The summed E-state index contributed by atoms with van der Waals surface area (Å²) in [7, 11) is 3.35. The van der Waals surface area contributed by atoms with Crippen LogP contribution in [0.15, 0.2) is 46.9 Å². The largest absolute Gasteiger partial charge is 0.495 e. The molecule has 0 heterocycles. The molecule has 2 amide bonds. The fraction of sp³-hybridized carbons (Fsp3) is 0.235. The van der Waals surface area contributed by atoms with Gasteiger partial charge in [-0.1, -0.05) is 40.2 Å². The number of carbonyl (C=O) groups excluding carboxylic acids is 1. The average molecular weight is 363 g/mol. The number of urea groups is 1. The number of carbonyl (C=O) groups is 1. The Kier molecular flexibility index (Phi) is 5.44. The number of nitrogens with one attached hydrogen (secondary N) is 1. The Morgan fingerprint density at radius 3 is 2.68 bits per heavy atom. The molecule has 2 aromatic rings. The molecule has 0 bridgehead atoms. The number of halogens is 1. The van der Waals surface area contributed by atoms with Crippen molar-refractivity contribution in [2.75, 3.05) is 19.5 Å². The standard InChI is InChI=1S/C17H19BrN2O2/c1-12-8-9-15(16(10-12)22-3)19-17(21)20(2)11-13-6-4-5-7-14(13)18/h4-10H,11H2,1-3H3,(H,19,21). The van der Waals surface area contributed by atoms with Crippen LogP contribution in [0.5, 0.6) is 5.75 Å². The summed E-state index contributed by atoms with van der Waals surface area (Å²) in [5, 5.41) is 2.87. The van der Waals surface area contributed by atoms with Gasteiger partial charge in [-0.05, 0) is 36.2 Å². The Labute approximate surface area is 139 Å². The maximum absolute atomic E-state index is 12.3. The van der Waals surface area contributed by atoms with E-state index in [1.807, 2.05) is 49.4 Å². The molecule has 22 heavy (non-hydrogen) atoms. The van der Waals surface area contributed by atoms with E-state index in [4.69, 9.17) is 4.74 Å². The van der Waals surface area contributed by atoms with Gasteiger partial charge in [-0.3, -0.25) is 0 Å². The maximum atomic E-state index is 12.3. The van der Waals surface area contributed by atoms with Gasteiger partial charge in [0.05, 0.1) is 12.8 Å². The van der Waals surface area contributed by atoms with E-state index in [1.165, 1.54) is 0 Å². The Bertz CT molecular complexity index is 673. The van der Waals surface area contributed by atoms with Gasteiger partial charge in [0.25, 0.3) is 0 Å². The molecule has 4 nitrogen and oxygen atoms in total. The van der Waals surface area contributed by atoms with Crippen molar-refractivity contribution in [3.8, 4) is 5.75 Å². The third-order valence-corrected chi connectivity index (χ3v) is 4.08. The van der Waals surface area contributed by atoms with Crippen LogP contribution in [0.2, 0.25) is 0 Å². The summed E-state index contributed by atoms with van der Waals surface area (Å²) in [5.41, 5.74) is 2.80. The summed E-state index contributed by atoms with van der Waals surface area (Å²) >= 11 is 3.49. The molecule has 0 radical (unpaired) electrons. The topological polar surface area (TPSA) is 41.6 Å². The zero-order chi connectivity index (χ0) is 16.1. The average Bonchev–Trinajstić information content (AvgIpc) is 2.51. The predicted octanol–water partition coefficient (Wildman–Crippen LogP) is 4.43. The zero-order valence-corrected chi connectivity index (χ0v) is 14.5. The molecular weight excluding hydrogens is 344 g/mol. The number of rotatable bonds is 4. The number of benzene rings is 2. The minimum atomic E-state index is -0.182. The maximum Gasteiger partial charge on any atom is 0.321 e. The molecule has 0 aromatic heterocycles. The van der Waals surface area contributed by atoms with Crippen LogP contribution in [-0.2, 0) is 6.54 Å². The van der Waals surface area contributed by atoms with E-state index in [2.05, 4.69) is 21.2 Å². The van der Waals surface area contributed by atoms with Crippen molar-refractivity contribution in [1.82, 2.24) is 4.90 Å². The highest BCUT2D eigenvalue weighted by Gasteiger charge is 2.13. The Morgan fingerprint density at radius 1 is 1.27 bits per heavy atom. The van der Waals surface area contributed by atoms with Gasteiger partial charge in [0.2, 0.25) is 0 Å². The van der Waals surface area contributed by atoms with Crippen LogP contribution >= 0.6 is 15.9 Å². The summed E-state index contributed by atoms with van der Waals surface area (Å²) in [5.74, 6) is 0.655. The molecule has 1 N–H and O–H groups in total. The minimum absolute atomic E-state index is 0.182. The summed E-state index contributed by atoms with van der Waals surface area (Å²) in [6.07, 6.45) is 0. The Morgan fingerprint density at radius 2 is 2.00 bits per heavy atom. The van der Waals surface area contributed by atoms with Gasteiger partial charge in [0.15, 0.2) is 0 Å². The molecule has 0 aliphatic carbocycles. The van der Waals surface area contributed by atoms with Gasteiger partial charge in [-0.15, -0.1) is 0 Å². The molecular formula is C17H19BrN2O2. The van der Waals surface area contributed by atoms with Crippen LogP contribution in [0.1, 0.15) is 11.1 Å². The van der Waals surface area contributed by atoms with Crippen molar-refractivity contribution >= 4 is 27.6 Å². The van der Waals surface area contributed by atoms with Crippen molar-refractivity contribution in [3.05, 3.63) is 58.1 Å². The lowest BCUT2D eigenvalue weighted by Crippen LogP contribution is -2.31. The first-order valence-electron chi connectivity index (χ1n) is 6.91. The molecule has 5 heteroatoms. The fourth-order valence-electron chi connectivity index (χ4n) is 2.07. The first-order valence-corrected chi connectivity index (χ1v) is 7.70. The number of aryl methyl sites for hydroxylation is 1. The minimum Gasteiger partial charge on any atom is -0.495 e. The van der Waals surface area contributed by atoms with E-state index < -0.39 is 0 Å². The van der Waals surface area contributed by atoms with Gasteiger partial charge < -0.3 is 15.0 Å². The third kappa shape index (κ3) is 4.01. The van der Waals surface area contributed by atoms with E-state index in [1.54, 1.807) is 19.1 Å². The van der Waals surface area contributed by atoms with E-state index in [-0.39, 0.29) is 6.03 Å². The predicted molar refractivity (Wildman–Crippen MR) is 92.4 cm³/mol. The third-order valence-electron chi connectivity index (χ3n) is 3.31. The van der Waals surface area contributed by atoms with Gasteiger partial charge in [0, 0.05) is 18.1 Å². The van der Waals surface area contributed by atoms with Crippen LogP contribution in [-0.4, -0.2) is 25.1 Å². The van der Waals surface area contributed by atoms with Crippen molar-refractivity contribution in [2.24, 2.45) is 0 Å². The monoisotopic (exact) mass is 362 g/mol. The summed E-state index contributed by atoms with van der Waals surface area (Å²) in [4.78, 5) is 13.9. The molecule has 0 spiro atoms. The molecule has 0 unspecified atom stereocenters. The van der Waals surface area contributed by atoms with Crippen LogP contribution in [0, 0.1) is 6.92 Å². The van der Waals surface area contributed by atoms with E-state index in [9.17, 15) is 4.79 Å². The molecule has 2 aromatic carbocycles. The second kappa shape index (κ2) is 7.31. The highest BCUT2D eigenvalue weighted by Crippen LogP contribution is 2.25. The van der Waals surface area contributed by atoms with Crippen LogP contribution in [0.25, 0.3) is 0 Å². The molecule has 0 aliphatic heterocycles. The summed E-state index contributed by atoms with van der Waals surface area (Å²) < 4.78 is 6.29. The van der Waals surface area contributed by atoms with Crippen LogP contribution in [0.3, 0.4) is 0 Å². The van der Waals surface area contributed by atoms with Crippen molar-refractivity contribution in [1.29, 1.82) is 0 Å². The first-order chi connectivity index (χ1) is 10.5. The highest BCUT2D eigenvalue weighted by atomic mass is 79.9. The number of nitrogens with zero attached hydrogens (tertiary/aromatic N) is 1. The zero-order valence-electron chi connectivity index (χ0n) is 12.9. The number of ether oxygens (including phenoxy) is 1. The molecule has 0 saturated heterocycles. The van der Waals surface area contributed by atoms with Crippen molar-refractivity contribution < 1.29 is 9.53 Å². The fourth-order valence-corrected chi connectivity index (χ4v) is 2.48. The van der Waals surface area contributed by atoms with Gasteiger partial charge in [-0.25, -0.2) is 4.79 Å². The Hall–Kier alpha value is -2.01. The van der Waals surface area contributed by atoms with Gasteiger partial charge in [-0.2, -0.15) is 0 Å². The van der Waals surface area contributed by atoms with Crippen LogP contribution in [0.4, 0.5) is 10.5 Å². The lowest BCUT2D eigenvalue weighted by Gasteiger charge is -2.20. The van der Waals surface area contributed by atoms with E-state index in [0.717, 1.165) is 15.6 Å². The second-order valence-corrected chi connectivity index (χ2v) is 5.94. The van der Waals surface area contributed by atoms with Crippen molar-refractivity contribution in [3.63, 3.8) is 0 Å². The quantitative estimate of drug-likeness (QED) is 0.873. The van der Waals surface area contributed by atoms with E-state index >= 15 is 0 Å². The molecule has 0 fully saturated rings. The Balaban J connectivity index is 2.07. The lowest BCUT2D eigenvalue weighted by molar-refractivity contribution is 0.220. The van der Waals surface area contributed by atoms with E-state index in [0.29, 0.717) is 18.0 Å². The lowest BCUT2D eigenvalue weighted by atomic mass is 10.2. The molecule has 0 aliphatic rings. The molecule has 2 rings (SSSR count). The number of methoxy groups -OCH3 is 1. The molecule has 0 saturated carbocycles. The van der Waals surface area contributed by atoms with Crippen LogP contribution < -0.4 is 10.1 Å². The molecule has 116 valence electrons. The molecule has 0 atom stereocenters. The summed E-state index contributed by atoms with van der Waals surface area (Å²) in [6, 6.07) is 13.3. The summed E-state index contributed by atoms with van der Waals surface area (Å²) in [6.45, 7) is 2.49. The first kappa shape index (κ1) is 16.4. The number of amides is 2. The number of hydrogen-bond acceptors (Lipinski definition) is 2. The highest BCUT2D eigenvalue weighted by molar-refractivity contribution is 9.10. The second-order valence-electron chi connectivity index (χ2n) is 5.08. The normalized spacial score (nSPS) is 10.2. The number of anilines is 1. The van der Waals surface area contributed by atoms with Gasteiger partial charge in [0.1, 0.15) is 5.75 Å². The smallest absolute Gasteiger partial charge is 0.321 e. The van der Waals surface area contributed by atoms with Crippen molar-refractivity contribution in [2.45, 2.75) is 13.5 Å². The SMILES string of the molecule is COc1cc(C)ccc1NC(=O)N(C)Cc1ccccc1Br.